The third kappa shape index (κ3) is 2.20. The molecule has 0 saturated carbocycles. The van der Waals surface area contributed by atoms with Crippen LogP contribution in [0.3, 0.4) is 0 Å². The highest BCUT2D eigenvalue weighted by molar-refractivity contribution is 5.31. The highest BCUT2D eigenvalue weighted by Gasteiger charge is 2.12. The Kier molecular flexibility index (Phi) is 3.83. The van der Waals surface area contributed by atoms with E-state index in [9.17, 15) is 8.78 Å². The second kappa shape index (κ2) is 4.91. The van der Waals surface area contributed by atoms with Crippen LogP contribution in [0, 0.1) is 11.6 Å². The molecule has 2 nitrogen and oxygen atoms in total. The number of methoxy groups -OCH3 is 1. The lowest BCUT2D eigenvalue weighted by Crippen LogP contribution is -2.11. The minimum absolute atomic E-state index is 0.0595. The van der Waals surface area contributed by atoms with E-state index >= 15 is 0 Å². The molecule has 14 heavy (non-hydrogen) atoms. The van der Waals surface area contributed by atoms with Gasteiger partial charge in [-0.05, 0) is 31.6 Å². The number of hydrogen-bond donors (Lipinski definition) is 1. The van der Waals surface area contributed by atoms with E-state index < -0.39 is 11.6 Å². The Bertz CT molecular complexity index is 315. The molecule has 0 aliphatic rings. The summed E-state index contributed by atoms with van der Waals surface area (Å²) >= 11 is 0. The summed E-state index contributed by atoms with van der Waals surface area (Å²) in [6.07, 6.45) is 0.462. The number of ether oxygens (including phenoxy) is 1. The van der Waals surface area contributed by atoms with Crippen LogP contribution in [0.15, 0.2) is 12.1 Å². The van der Waals surface area contributed by atoms with E-state index in [0.717, 1.165) is 0 Å². The lowest BCUT2D eigenvalue weighted by Gasteiger charge is -2.06. The highest BCUT2D eigenvalue weighted by Crippen LogP contribution is 2.22. The number of benzene rings is 1. The fraction of sp³-hybridized carbons (Fsp3) is 0.400. The minimum atomic E-state index is -0.916. The van der Waals surface area contributed by atoms with Gasteiger partial charge in [0.25, 0.3) is 0 Å². The quantitative estimate of drug-likeness (QED) is 0.801. The minimum Gasteiger partial charge on any atom is -0.494 e. The molecule has 0 fully saturated rings. The lowest BCUT2D eigenvalue weighted by molar-refractivity contribution is 0.370. The van der Waals surface area contributed by atoms with Crippen molar-refractivity contribution in [3.63, 3.8) is 0 Å². The van der Waals surface area contributed by atoms with Crippen LogP contribution >= 0.6 is 0 Å². The smallest absolute Gasteiger partial charge is 0.200 e. The van der Waals surface area contributed by atoms with Crippen LogP contribution in [0.4, 0.5) is 8.78 Å². The Hall–Kier alpha value is -1.16. The predicted molar refractivity (Wildman–Crippen MR) is 50.5 cm³/mol. The first-order valence-electron chi connectivity index (χ1n) is 4.36. The van der Waals surface area contributed by atoms with Crippen LogP contribution < -0.4 is 10.1 Å². The molecule has 0 atom stereocenters. The second-order valence-electron chi connectivity index (χ2n) is 2.91. The molecule has 1 aromatic carbocycles. The Morgan fingerprint density at radius 1 is 1.29 bits per heavy atom. The second-order valence-corrected chi connectivity index (χ2v) is 2.91. The third-order valence-corrected chi connectivity index (χ3v) is 1.99. The maximum atomic E-state index is 13.3. The number of rotatable bonds is 4. The van der Waals surface area contributed by atoms with Gasteiger partial charge in [0, 0.05) is 0 Å². The summed E-state index contributed by atoms with van der Waals surface area (Å²) in [7, 11) is 3.07. The van der Waals surface area contributed by atoms with Crippen LogP contribution in [-0.2, 0) is 6.42 Å². The molecule has 1 aromatic rings. The van der Waals surface area contributed by atoms with Gasteiger partial charge in [0.2, 0.25) is 5.82 Å². The first-order valence-corrected chi connectivity index (χ1v) is 4.36. The van der Waals surface area contributed by atoms with Crippen LogP contribution in [-0.4, -0.2) is 20.7 Å². The van der Waals surface area contributed by atoms with Gasteiger partial charge in [-0.15, -0.1) is 0 Å². The van der Waals surface area contributed by atoms with E-state index in [1.54, 1.807) is 7.05 Å². The summed E-state index contributed by atoms with van der Waals surface area (Å²) in [5, 5.41) is 2.87. The molecule has 0 aliphatic heterocycles. The van der Waals surface area contributed by atoms with Crippen LogP contribution in [0.1, 0.15) is 5.56 Å². The van der Waals surface area contributed by atoms with Crippen molar-refractivity contribution in [3.8, 4) is 5.75 Å². The van der Waals surface area contributed by atoms with E-state index in [2.05, 4.69) is 10.1 Å². The molecule has 0 unspecified atom stereocenters. The fourth-order valence-electron chi connectivity index (χ4n) is 1.18. The molecule has 0 aromatic heterocycles. The van der Waals surface area contributed by atoms with Crippen molar-refractivity contribution in [2.24, 2.45) is 0 Å². The molecule has 0 amide bonds. The van der Waals surface area contributed by atoms with E-state index in [1.807, 2.05) is 0 Å². The van der Waals surface area contributed by atoms with E-state index in [-0.39, 0.29) is 5.75 Å². The van der Waals surface area contributed by atoms with Crippen molar-refractivity contribution in [2.45, 2.75) is 6.42 Å². The summed E-state index contributed by atoms with van der Waals surface area (Å²) in [5.41, 5.74) is 0.359. The van der Waals surface area contributed by atoms with Gasteiger partial charge in [-0.1, -0.05) is 6.07 Å². The summed E-state index contributed by atoms with van der Waals surface area (Å²) in [6, 6.07) is 2.97. The van der Waals surface area contributed by atoms with Crippen molar-refractivity contribution in [3.05, 3.63) is 29.3 Å². The first-order chi connectivity index (χ1) is 6.70. The molecular weight excluding hydrogens is 188 g/mol. The molecular formula is C10H13F2NO. The summed E-state index contributed by atoms with van der Waals surface area (Å²) in [6.45, 7) is 0.614. The number of nitrogens with one attached hydrogen (secondary N) is 1. The molecule has 0 bridgehead atoms. The Morgan fingerprint density at radius 2 is 2.00 bits per heavy atom. The molecule has 0 radical (unpaired) electrons. The molecule has 0 spiro atoms. The number of halogens is 2. The molecule has 4 heteroatoms. The average Bonchev–Trinajstić information content (AvgIpc) is 2.20. The predicted octanol–water partition coefficient (Wildman–Crippen LogP) is 1.74. The van der Waals surface area contributed by atoms with Gasteiger partial charge in [0.05, 0.1) is 7.11 Å². The zero-order valence-corrected chi connectivity index (χ0v) is 8.23. The van der Waals surface area contributed by atoms with Crippen LogP contribution in [0.5, 0.6) is 5.75 Å². The van der Waals surface area contributed by atoms with Gasteiger partial charge >= 0.3 is 0 Å². The monoisotopic (exact) mass is 201 g/mol. The molecule has 0 aliphatic carbocycles. The number of likely N-dealkylation sites (N-methyl/N-ethyl adjacent to an activating group) is 1. The number of hydrogen-bond acceptors (Lipinski definition) is 2. The van der Waals surface area contributed by atoms with Crippen LogP contribution in [0.25, 0.3) is 0 Å². The lowest BCUT2D eigenvalue weighted by atomic mass is 10.1. The topological polar surface area (TPSA) is 21.3 Å². The van der Waals surface area contributed by atoms with Crippen molar-refractivity contribution in [2.75, 3.05) is 20.7 Å². The van der Waals surface area contributed by atoms with Gasteiger partial charge in [-0.3, -0.25) is 0 Å². The molecule has 0 saturated heterocycles. The molecule has 78 valence electrons. The maximum absolute atomic E-state index is 13.3. The van der Waals surface area contributed by atoms with Crippen molar-refractivity contribution in [1.82, 2.24) is 5.32 Å². The van der Waals surface area contributed by atoms with Gasteiger partial charge in [-0.2, -0.15) is 4.39 Å². The third-order valence-electron chi connectivity index (χ3n) is 1.99. The van der Waals surface area contributed by atoms with E-state index in [4.69, 9.17) is 0 Å². The van der Waals surface area contributed by atoms with E-state index in [0.29, 0.717) is 18.5 Å². The average molecular weight is 201 g/mol. The van der Waals surface area contributed by atoms with Crippen molar-refractivity contribution < 1.29 is 13.5 Å². The standard InChI is InChI=1S/C10H13F2NO/c1-13-6-5-7-3-4-8(14-2)10(12)9(7)11/h3-4,13H,5-6H2,1-2H3. The summed E-state index contributed by atoms with van der Waals surface area (Å²) in [5.74, 6) is -1.79. The van der Waals surface area contributed by atoms with Crippen molar-refractivity contribution >= 4 is 0 Å². The highest BCUT2D eigenvalue weighted by atomic mass is 19.2. The maximum Gasteiger partial charge on any atom is 0.200 e. The fourth-order valence-corrected chi connectivity index (χ4v) is 1.18. The van der Waals surface area contributed by atoms with Gasteiger partial charge in [-0.25, -0.2) is 4.39 Å². The Balaban J connectivity index is 2.92. The normalized spacial score (nSPS) is 10.3. The molecule has 1 rings (SSSR count). The first kappa shape index (κ1) is 10.9. The van der Waals surface area contributed by atoms with Gasteiger partial charge in [0.1, 0.15) is 0 Å². The molecule has 1 N–H and O–H groups in total. The summed E-state index contributed by atoms with van der Waals surface area (Å²) < 4.78 is 31.1. The Morgan fingerprint density at radius 3 is 2.57 bits per heavy atom. The molecule has 0 heterocycles. The largest absolute Gasteiger partial charge is 0.494 e. The SMILES string of the molecule is CNCCc1ccc(OC)c(F)c1F. The zero-order chi connectivity index (χ0) is 10.6. The van der Waals surface area contributed by atoms with Gasteiger partial charge < -0.3 is 10.1 Å². The Labute approximate surface area is 81.9 Å². The van der Waals surface area contributed by atoms with Crippen molar-refractivity contribution in [1.29, 1.82) is 0 Å². The summed E-state index contributed by atoms with van der Waals surface area (Å²) in [4.78, 5) is 0. The van der Waals surface area contributed by atoms with E-state index in [1.165, 1.54) is 19.2 Å². The zero-order valence-electron chi connectivity index (χ0n) is 8.23. The van der Waals surface area contributed by atoms with Crippen LogP contribution in [0.2, 0.25) is 0 Å². The van der Waals surface area contributed by atoms with Gasteiger partial charge in [0.15, 0.2) is 11.6 Å².